The maximum atomic E-state index is 13.8. The summed E-state index contributed by atoms with van der Waals surface area (Å²) in [5.74, 6) is 0.466. The smallest absolute Gasteiger partial charge is 0.317 e. The SMILES string of the molecule is O=C(NCc1ccccc1F)N1CCc2c(ccnc2Nc2cnc3ccccc3c2)C1. The van der Waals surface area contributed by atoms with Gasteiger partial charge in [-0.1, -0.05) is 36.4 Å². The van der Waals surface area contributed by atoms with E-state index in [9.17, 15) is 9.18 Å². The van der Waals surface area contributed by atoms with Gasteiger partial charge >= 0.3 is 6.03 Å². The Morgan fingerprint density at radius 2 is 1.91 bits per heavy atom. The standard InChI is InChI=1S/C25H22FN5O/c26-22-7-3-1-6-18(22)14-29-25(32)31-12-10-21-19(16-31)9-11-27-24(21)30-20-13-17-5-2-4-8-23(17)28-15-20/h1-9,11,13,15H,10,12,14,16H2,(H,27,30)(H,29,32). The van der Waals surface area contributed by atoms with Crippen molar-refractivity contribution in [3.63, 3.8) is 0 Å². The van der Waals surface area contributed by atoms with Gasteiger partial charge in [0.05, 0.1) is 17.4 Å². The summed E-state index contributed by atoms with van der Waals surface area (Å²) in [7, 11) is 0. The predicted octanol–water partition coefficient (Wildman–Crippen LogP) is 4.78. The summed E-state index contributed by atoms with van der Waals surface area (Å²) in [6.45, 7) is 1.20. The fourth-order valence-electron chi connectivity index (χ4n) is 3.97. The van der Waals surface area contributed by atoms with Crippen molar-refractivity contribution in [3.05, 3.63) is 95.6 Å². The Morgan fingerprint density at radius 3 is 2.81 bits per heavy atom. The number of urea groups is 1. The van der Waals surface area contributed by atoms with Crippen LogP contribution in [0.15, 0.2) is 73.1 Å². The maximum absolute atomic E-state index is 13.8. The molecule has 0 atom stereocenters. The highest BCUT2D eigenvalue weighted by Crippen LogP contribution is 2.27. The van der Waals surface area contributed by atoms with Gasteiger partial charge in [-0.2, -0.15) is 0 Å². The molecule has 5 rings (SSSR count). The van der Waals surface area contributed by atoms with E-state index in [4.69, 9.17) is 0 Å². The highest BCUT2D eigenvalue weighted by atomic mass is 19.1. The highest BCUT2D eigenvalue weighted by Gasteiger charge is 2.23. The maximum Gasteiger partial charge on any atom is 0.317 e. The van der Waals surface area contributed by atoms with Gasteiger partial charge in [0, 0.05) is 42.3 Å². The molecule has 6 nitrogen and oxygen atoms in total. The van der Waals surface area contributed by atoms with Crippen molar-refractivity contribution in [2.24, 2.45) is 0 Å². The van der Waals surface area contributed by atoms with Gasteiger partial charge in [-0.05, 0) is 36.2 Å². The molecule has 32 heavy (non-hydrogen) atoms. The molecule has 2 N–H and O–H groups in total. The summed E-state index contributed by atoms with van der Waals surface area (Å²) in [4.78, 5) is 23.4. The first-order valence-corrected chi connectivity index (χ1v) is 10.5. The molecule has 0 fully saturated rings. The molecule has 0 saturated heterocycles. The van der Waals surface area contributed by atoms with Gasteiger partial charge in [0.25, 0.3) is 0 Å². The molecule has 1 aliphatic rings. The number of amides is 2. The molecule has 7 heteroatoms. The number of carbonyl (C=O) groups is 1. The van der Waals surface area contributed by atoms with Gasteiger partial charge in [0.1, 0.15) is 11.6 Å². The molecule has 2 aromatic carbocycles. The molecule has 0 unspecified atom stereocenters. The fourth-order valence-corrected chi connectivity index (χ4v) is 3.97. The van der Waals surface area contributed by atoms with Crippen molar-refractivity contribution in [3.8, 4) is 0 Å². The number of para-hydroxylation sites is 1. The summed E-state index contributed by atoms with van der Waals surface area (Å²) < 4.78 is 13.8. The largest absolute Gasteiger partial charge is 0.339 e. The van der Waals surface area contributed by atoms with Gasteiger partial charge in [-0.25, -0.2) is 14.2 Å². The Hall–Kier alpha value is -4.00. The van der Waals surface area contributed by atoms with E-state index in [1.165, 1.54) is 6.07 Å². The van der Waals surface area contributed by atoms with Crippen LogP contribution in [0, 0.1) is 5.82 Å². The molecule has 1 aliphatic heterocycles. The minimum atomic E-state index is -0.318. The fraction of sp³-hybridized carbons (Fsp3) is 0.160. The number of rotatable bonds is 4. The zero-order valence-electron chi connectivity index (χ0n) is 17.4. The van der Waals surface area contributed by atoms with E-state index in [0.717, 1.165) is 33.5 Å². The predicted molar refractivity (Wildman–Crippen MR) is 122 cm³/mol. The first kappa shape index (κ1) is 19.9. The highest BCUT2D eigenvalue weighted by molar-refractivity contribution is 5.82. The van der Waals surface area contributed by atoms with Crippen LogP contribution in [0.4, 0.5) is 20.7 Å². The number of nitrogens with zero attached hydrogens (tertiary/aromatic N) is 3. The summed E-state index contributed by atoms with van der Waals surface area (Å²) in [5.41, 5.74) is 4.42. The van der Waals surface area contributed by atoms with Gasteiger partial charge in [-0.3, -0.25) is 4.98 Å². The third-order valence-electron chi connectivity index (χ3n) is 5.67. The number of nitrogens with one attached hydrogen (secondary N) is 2. The second-order valence-electron chi connectivity index (χ2n) is 7.76. The normalized spacial score (nSPS) is 13.0. The Balaban J connectivity index is 1.28. The number of halogens is 1. The van der Waals surface area contributed by atoms with Gasteiger partial charge in [0.2, 0.25) is 0 Å². The van der Waals surface area contributed by atoms with E-state index >= 15 is 0 Å². The van der Waals surface area contributed by atoms with Crippen LogP contribution in [0.5, 0.6) is 0 Å². The average molecular weight is 427 g/mol. The lowest BCUT2D eigenvalue weighted by Crippen LogP contribution is -2.42. The van der Waals surface area contributed by atoms with Crippen LogP contribution in [-0.4, -0.2) is 27.4 Å². The van der Waals surface area contributed by atoms with Crippen molar-refractivity contribution in [2.45, 2.75) is 19.5 Å². The lowest BCUT2D eigenvalue weighted by atomic mass is 10.0. The van der Waals surface area contributed by atoms with Crippen LogP contribution in [0.3, 0.4) is 0 Å². The third kappa shape index (κ3) is 4.09. The second kappa shape index (κ2) is 8.63. The van der Waals surface area contributed by atoms with E-state index in [0.29, 0.717) is 25.1 Å². The Morgan fingerprint density at radius 1 is 1.06 bits per heavy atom. The first-order valence-electron chi connectivity index (χ1n) is 10.5. The molecule has 0 saturated carbocycles. The van der Waals surface area contributed by atoms with Gasteiger partial charge in [-0.15, -0.1) is 0 Å². The number of hydrogen-bond acceptors (Lipinski definition) is 4. The summed E-state index contributed by atoms with van der Waals surface area (Å²) in [6, 6.07) is 18.2. The zero-order valence-corrected chi connectivity index (χ0v) is 17.4. The van der Waals surface area contributed by atoms with E-state index in [-0.39, 0.29) is 18.4 Å². The molecule has 160 valence electrons. The summed E-state index contributed by atoms with van der Waals surface area (Å²) in [5, 5.41) is 7.26. The lowest BCUT2D eigenvalue weighted by Gasteiger charge is -2.30. The number of hydrogen-bond donors (Lipinski definition) is 2. The molecule has 0 aliphatic carbocycles. The second-order valence-corrected chi connectivity index (χ2v) is 7.76. The monoisotopic (exact) mass is 427 g/mol. The van der Waals surface area contributed by atoms with E-state index in [1.54, 1.807) is 35.5 Å². The molecule has 0 bridgehead atoms. The molecule has 3 heterocycles. The van der Waals surface area contributed by atoms with Crippen molar-refractivity contribution >= 4 is 28.4 Å². The van der Waals surface area contributed by atoms with Crippen LogP contribution < -0.4 is 10.6 Å². The van der Waals surface area contributed by atoms with Crippen LogP contribution >= 0.6 is 0 Å². The number of pyridine rings is 2. The average Bonchev–Trinajstić information content (AvgIpc) is 2.83. The van der Waals surface area contributed by atoms with Crippen LogP contribution in [-0.2, 0) is 19.5 Å². The number of fused-ring (bicyclic) bond motifs is 2. The van der Waals surface area contributed by atoms with E-state index in [1.807, 2.05) is 30.3 Å². The molecule has 0 spiro atoms. The molecular formula is C25H22FN5O. The number of benzene rings is 2. The molecule has 4 aromatic rings. The zero-order chi connectivity index (χ0) is 21.9. The van der Waals surface area contributed by atoms with Gasteiger partial charge < -0.3 is 15.5 Å². The quantitative estimate of drug-likeness (QED) is 0.492. The molecule has 0 radical (unpaired) electrons. The van der Waals surface area contributed by atoms with Crippen LogP contribution in [0.2, 0.25) is 0 Å². The summed E-state index contributed by atoms with van der Waals surface area (Å²) in [6.07, 6.45) is 4.23. The first-order chi connectivity index (χ1) is 15.7. The number of anilines is 2. The Kier molecular flexibility index (Phi) is 5.37. The number of aromatic nitrogens is 2. The lowest BCUT2D eigenvalue weighted by molar-refractivity contribution is 0.192. The molecular weight excluding hydrogens is 405 g/mol. The minimum absolute atomic E-state index is 0.160. The van der Waals surface area contributed by atoms with Crippen molar-refractivity contribution < 1.29 is 9.18 Å². The van der Waals surface area contributed by atoms with E-state index in [2.05, 4.69) is 26.7 Å². The minimum Gasteiger partial charge on any atom is -0.339 e. The van der Waals surface area contributed by atoms with Crippen molar-refractivity contribution in [1.29, 1.82) is 0 Å². The number of carbonyl (C=O) groups excluding carboxylic acids is 1. The van der Waals surface area contributed by atoms with Crippen molar-refractivity contribution in [2.75, 3.05) is 11.9 Å². The van der Waals surface area contributed by atoms with Crippen molar-refractivity contribution in [1.82, 2.24) is 20.2 Å². The van der Waals surface area contributed by atoms with Crippen LogP contribution in [0.1, 0.15) is 16.7 Å². The van der Waals surface area contributed by atoms with E-state index < -0.39 is 0 Å². The molecule has 2 aromatic heterocycles. The van der Waals surface area contributed by atoms with Crippen LogP contribution in [0.25, 0.3) is 10.9 Å². The third-order valence-corrected chi connectivity index (χ3v) is 5.67. The summed E-state index contributed by atoms with van der Waals surface area (Å²) >= 11 is 0. The van der Waals surface area contributed by atoms with Gasteiger partial charge in [0.15, 0.2) is 0 Å². The Bertz CT molecular complexity index is 1290. The molecule has 2 amide bonds. The Labute approximate surface area is 185 Å². The topological polar surface area (TPSA) is 70.2 Å².